The fourth-order valence-corrected chi connectivity index (χ4v) is 3.22. The number of hydrazine groups is 1. The maximum absolute atomic E-state index is 12.8. The molecule has 0 unspecified atom stereocenters. The van der Waals surface area contributed by atoms with Crippen LogP contribution in [0.15, 0.2) is 29.3 Å². The topological polar surface area (TPSA) is 94.1 Å². The summed E-state index contributed by atoms with van der Waals surface area (Å²) in [4.78, 5) is 41.9. The van der Waals surface area contributed by atoms with Crippen LogP contribution in [0.3, 0.4) is 0 Å². The summed E-state index contributed by atoms with van der Waals surface area (Å²) in [6, 6.07) is 7.50. The number of anilines is 1. The first-order valence-corrected chi connectivity index (χ1v) is 9.18. The number of aryl methyl sites for hydroxylation is 1. The number of carbonyl (C=O) groups excluding carboxylic acids is 3. The maximum atomic E-state index is 12.8. The SMILES string of the molecule is CC(=O)NCC1CCN(C(=O)C2=NCC(=O)N(c3ccc(C)cc3)N2)CC1. The quantitative estimate of drug-likeness (QED) is 0.811. The van der Waals surface area contributed by atoms with E-state index in [1.54, 1.807) is 4.90 Å². The van der Waals surface area contributed by atoms with Crippen molar-refractivity contribution in [2.75, 3.05) is 31.2 Å². The third kappa shape index (κ3) is 4.64. The van der Waals surface area contributed by atoms with Crippen molar-refractivity contribution in [3.8, 4) is 0 Å². The van der Waals surface area contributed by atoms with Crippen LogP contribution in [-0.2, 0) is 14.4 Å². The number of hydrogen-bond acceptors (Lipinski definition) is 5. The van der Waals surface area contributed by atoms with Gasteiger partial charge in [-0.25, -0.2) is 5.01 Å². The first kappa shape index (κ1) is 18.9. The van der Waals surface area contributed by atoms with Gasteiger partial charge in [-0.05, 0) is 37.8 Å². The molecule has 27 heavy (non-hydrogen) atoms. The third-order valence-corrected chi connectivity index (χ3v) is 4.88. The molecular weight excluding hydrogens is 346 g/mol. The van der Waals surface area contributed by atoms with Crippen molar-refractivity contribution < 1.29 is 14.4 Å². The molecule has 0 saturated carbocycles. The molecule has 1 aromatic rings. The molecular formula is C19H25N5O3. The fraction of sp³-hybridized carbons (Fsp3) is 0.474. The zero-order valence-electron chi connectivity index (χ0n) is 15.7. The molecule has 1 fully saturated rings. The number of piperidine rings is 1. The van der Waals surface area contributed by atoms with Gasteiger partial charge in [-0.3, -0.25) is 24.8 Å². The Hall–Kier alpha value is -2.90. The maximum Gasteiger partial charge on any atom is 0.290 e. The lowest BCUT2D eigenvalue weighted by molar-refractivity contribution is -0.126. The number of rotatable bonds is 4. The van der Waals surface area contributed by atoms with Gasteiger partial charge >= 0.3 is 0 Å². The number of amidine groups is 1. The molecule has 0 spiro atoms. The van der Waals surface area contributed by atoms with E-state index in [4.69, 9.17) is 0 Å². The lowest BCUT2D eigenvalue weighted by Gasteiger charge is -2.34. The molecule has 1 aromatic carbocycles. The first-order chi connectivity index (χ1) is 12.9. The van der Waals surface area contributed by atoms with Crippen molar-refractivity contribution in [3.05, 3.63) is 29.8 Å². The van der Waals surface area contributed by atoms with Crippen LogP contribution < -0.4 is 15.8 Å². The van der Waals surface area contributed by atoms with Gasteiger partial charge in [0, 0.05) is 26.6 Å². The van der Waals surface area contributed by atoms with Gasteiger partial charge in [0.25, 0.3) is 11.8 Å². The molecule has 8 nitrogen and oxygen atoms in total. The Morgan fingerprint density at radius 2 is 1.89 bits per heavy atom. The molecule has 0 aromatic heterocycles. The van der Waals surface area contributed by atoms with Gasteiger partial charge in [-0.1, -0.05) is 17.7 Å². The fourth-order valence-electron chi connectivity index (χ4n) is 3.22. The Morgan fingerprint density at radius 3 is 2.52 bits per heavy atom. The largest absolute Gasteiger partial charge is 0.356 e. The summed E-state index contributed by atoms with van der Waals surface area (Å²) in [6.45, 7) is 5.30. The van der Waals surface area contributed by atoms with Crippen LogP contribution in [0.1, 0.15) is 25.3 Å². The monoisotopic (exact) mass is 371 g/mol. The summed E-state index contributed by atoms with van der Waals surface area (Å²) in [6.07, 6.45) is 1.67. The van der Waals surface area contributed by atoms with Gasteiger partial charge < -0.3 is 10.2 Å². The summed E-state index contributed by atoms with van der Waals surface area (Å²) in [5.74, 6) is 0.137. The molecule has 0 radical (unpaired) electrons. The van der Waals surface area contributed by atoms with E-state index in [2.05, 4.69) is 15.7 Å². The van der Waals surface area contributed by atoms with Crippen LogP contribution in [0.2, 0.25) is 0 Å². The van der Waals surface area contributed by atoms with E-state index >= 15 is 0 Å². The summed E-state index contributed by atoms with van der Waals surface area (Å²) in [5.41, 5.74) is 4.65. The van der Waals surface area contributed by atoms with E-state index in [0.717, 1.165) is 18.4 Å². The van der Waals surface area contributed by atoms with E-state index in [9.17, 15) is 14.4 Å². The van der Waals surface area contributed by atoms with Crippen LogP contribution in [0.5, 0.6) is 0 Å². The molecule has 0 atom stereocenters. The number of amides is 3. The van der Waals surface area contributed by atoms with Gasteiger partial charge in [0.15, 0.2) is 0 Å². The average molecular weight is 371 g/mol. The van der Waals surface area contributed by atoms with E-state index in [1.165, 1.54) is 11.9 Å². The van der Waals surface area contributed by atoms with Gasteiger partial charge in [-0.15, -0.1) is 0 Å². The first-order valence-electron chi connectivity index (χ1n) is 9.18. The molecule has 8 heteroatoms. The number of benzene rings is 1. The number of carbonyl (C=O) groups is 3. The average Bonchev–Trinajstić information content (AvgIpc) is 2.67. The van der Waals surface area contributed by atoms with Crippen LogP contribution in [0, 0.1) is 12.8 Å². The lowest BCUT2D eigenvalue weighted by atomic mass is 9.96. The van der Waals surface area contributed by atoms with Crippen LogP contribution >= 0.6 is 0 Å². The Kier molecular flexibility index (Phi) is 5.73. The van der Waals surface area contributed by atoms with Gasteiger partial charge in [0.1, 0.15) is 6.54 Å². The second kappa shape index (κ2) is 8.20. The van der Waals surface area contributed by atoms with E-state index in [1.807, 2.05) is 31.2 Å². The smallest absolute Gasteiger partial charge is 0.290 e. The number of nitrogens with one attached hydrogen (secondary N) is 2. The highest BCUT2D eigenvalue weighted by Gasteiger charge is 2.30. The van der Waals surface area contributed by atoms with Crippen molar-refractivity contribution in [3.63, 3.8) is 0 Å². The van der Waals surface area contributed by atoms with Crippen molar-refractivity contribution >= 4 is 29.2 Å². The normalized spacial score (nSPS) is 18.0. The van der Waals surface area contributed by atoms with E-state index in [0.29, 0.717) is 31.2 Å². The molecule has 3 rings (SSSR count). The van der Waals surface area contributed by atoms with Gasteiger partial charge in [0.05, 0.1) is 5.69 Å². The summed E-state index contributed by atoms with van der Waals surface area (Å²) >= 11 is 0. The highest BCUT2D eigenvalue weighted by molar-refractivity contribution is 6.39. The summed E-state index contributed by atoms with van der Waals surface area (Å²) in [7, 11) is 0. The van der Waals surface area contributed by atoms with Crippen molar-refractivity contribution in [1.29, 1.82) is 0 Å². The zero-order chi connectivity index (χ0) is 19.4. The molecule has 2 aliphatic heterocycles. The minimum atomic E-state index is -0.204. The molecule has 2 N–H and O–H groups in total. The molecule has 144 valence electrons. The molecule has 2 heterocycles. The Bertz CT molecular complexity index is 751. The second-order valence-electron chi connectivity index (χ2n) is 7.01. The van der Waals surface area contributed by atoms with Crippen molar-refractivity contribution in [1.82, 2.24) is 15.6 Å². The van der Waals surface area contributed by atoms with E-state index in [-0.39, 0.29) is 30.1 Å². The van der Waals surface area contributed by atoms with Crippen molar-refractivity contribution in [2.24, 2.45) is 10.9 Å². The number of likely N-dealkylation sites (tertiary alicyclic amines) is 1. The predicted octanol–water partition coefficient (Wildman–Crippen LogP) is 0.619. The second-order valence-corrected chi connectivity index (χ2v) is 7.01. The molecule has 3 amide bonds. The van der Waals surface area contributed by atoms with Crippen LogP contribution in [0.4, 0.5) is 5.69 Å². The lowest BCUT2D eigenvalue weighted by Crippen LogP contribution is -2.57. The van der Waals surface area contributed by atoms with Crippen LogP contribution in [0.25, 0.3) is 0 Å². The predicted molar refractivity (Wildman–Crippen MR) is 102 cm³/mol. The minimum Gasteiger partial charge on any atom is -0.356 e. The van der Waals surface area contributed by atoms with Gasteiger partial charge in [-0.2, -0.15) is 0 Å². The van der Waals surface area contributed by atoms with E-state index < -0.39 is 0 Å². The number of hydrogen-bond donors (Lipinski definition) is 2. The molecule has 1 saturated heterocycles. The molecule has 0 bridgehead atoms. The number of aliphatic imine (C=N–C) groups is 1. The Labute approximate surface area is 158 Å². The van der Waals surface area contributed by atoms with Gasteiger partial charge in [0.2, 0.25) is 11.7 Å². The molecule has 0 aliphatic carbocycles. The zero-order valence-corrected chi connectivity index (χ0v) is 15.7. The summed E-state index contributed by atoms with van der Waals surface area (Å²) in [5, 5.41) is 4.21. The minimum absolute atomic E-state index is 0.0323. The van der Waals surface area contributed by atoms with Crippen molar-refractivity contribution in [2.45, 2.75) is 26.7 Å². The Morgan fingerprint density at radius 1 is 1.22 bits per heavy atom. The number of nitrogens with zero attached hydrogens (tertiary/aromatic N) is 3. The third-order valence-electron chi connectivity index (χ3n) is 4.88. The summed E-state index contributed by atoms with van der Waals surface area (Å²) < 4.78 is 0. The highest BCUT2D eigenvalue weighted by Crippen LogP contribution is 2.18. The highest BCUT2D eigenvalue weighted by atomic mass is 16.2. The standard InChI is InChI=1S/C19H25N5O3/c1-13-3-5-16(6-4-13)24-17(26)12-21-18(22-24)19(27)23-9-7-15(8-10-23)11-20-14(2)25/h3-6,15H,7-12H2,1-2H3,(H,20,25)(H,21,22). The molecule has 2 aliphatic rings. The van der Waals surface area contributed by atoms with Crippen LogP contribution in [-0.4, -0.2) is 54.6 Å². The Balaban J connectivity index is 1.59.